The van der Waals surface area contributed by atoms with Crippen molar-refractivity contribution in [1.29, 1.82) is 0 Å². The fourth-order valence-electron chi connectivity index (χ4n) is 1.47. The van der Waals surface area contributed by atoms with Gasteiger partial charge in [-0.25, -0.2) is 4.68 Å². The summed E-state index contributed by atoms with van der Waals surface area (Å²) >= 11 is 11.3. The van der Waals surface area contributed by atoms with Gasteiger partial charge in [-0.1, -0.05) is 12.1 Å². The molecule has 0 spiro atoms. The number of carbonyl (C=O) groups is 1. The summed E-state index contributed by atoms with van der Waals surface area (Å²) < 4.78 is 6.33. The Labute approximate surface area is 119 Å². The third kappa shape index (κ3) is 3.36. The largest absolute Gasteiger partial charge is 0.495 e. The van der Waals surface area contributed by atoms with Crippen molar-refractivity contribution in [2.24, 2.45) is 0 Å². The maximum atomic E-state index is 11.9. The van der Waals surface area contributed by atoms with Crippen LogP contribution in [0.25, 0.3) is 0 Å². The van der Waals surface area contributed by atoms with E-state index in [9.17, 15) is 4.79 Å². The first-order valence-electron chi connectivity index (χ1n) is 5.29. The standard InChI is InChI=1S/C11H10Cl2N4O2/c1-19-8-5-3-2-4-7(8)14-9(18)6-17-11(13)15-10(12)16-17/h2-5H,6H2,1H3,(H,14,18). The number of methoxy groups -OCH3 is 1. The molecule has 0 fully saturated rings. The molecule has 1 aromatic carbocycles. The lowest BCUT2D eigenvalue weighted by molar-refractivity contribution is -0.116. The molecule has 1 N–H and O–H groups in total. The van der Waals surface area contributed by atoms with Crippen LogP contribution in [-0.2, 0) is 11.3 Å². The minimum absolute atomic E-state index is 0.00454. The number of halogens is 2. The van der Waals surface area contributed by atoms with Gasteiger partial charge in [-0.2, -0.15) is 4.98 Å². The number of carbonyl (C=O) groups excluding carboxylic acids is 1. The molecule has 2 rings (SSSR count). The van der Waals surface area contributed by atoms with Gasteiger partial charge in [-0.15, -0.1) is 5.10 Å². The van der Waals surface area contributed by atoms with E-state index in [4.69, 9.17) is 27.9 Å². The van der Waals surface area contributed by atoms with E-state index >= 15 is 0 Å². The molecule has 6 nitrogen and oxygen atoms in total. The number of ether oxygens (including phenoxy) is 1. The number of para-hydroxylation sites is 2. The number of nitrogens with one attached hydrogen (secondary N) is 1. The van der Waals surface area contributed by atoms with Crippen LogP contribution < -0.4 is 10.1 Å². The summed E-state index contributed by atoms with van der Waals surface area (Å²) in [7, 11) is 1.53. The molecule has 0 bridgehead atoms. The number of hydrogen-bond donors (Lipinski definition) is 1. The molecule has 100 valence electrons. The van der Waals surface area contributed by atoms with Gasteiger partial charge in [0.25, 0.3) is 0 Å². The number of nitrogens with zero attached hydrogens (tertiary/aromatic N) is 3. The zero-order valence-electron chi connectivity index (χ0n) is 9.93. The zero-order valence-corrected chi connectivity index (χ0v) is 11.4. The molecule has 0 radical (unpaired) electrons. The molecule has 8 heteroatoms. The summed E-state index contributed by atoms with van der Waals surface area (Å²) in [5, 5.41) is 6.52. The van der Waals surface area contributed by atoms with Crippen molar-refractivity contribution < 1.29 is 9.53 Å². The number of benzene rings is 1. The van der Waals surface area contributed by atoms with Gasteiger partial charge in [0.2, 0.25) is 16.5 Å². The number of rotatable bonds is 4. The van der Waals surface area contributed by atoms with E-state index in [1.54, 1.807) is 18.2 Å². The van der Waals surface area contributed by atoms with E-state index in [0.29, 0.717) is 11.4 Å². The van der Waals surface area contributed by atoms with Gasteiger partial charge in [-0.3, -0.25) is 4.79 Å². The molecule has 1 heterocycles. The number of amides is 1. The van der Waals surface area contributed by atoms with Gasteiger partial charge in [0, 0.05) is 0 Å². The summed E-state index contributed by atoms with van der Waals surface area (Å²) in [4.78, 5) is 15.5. The molecular weight excluding hydrogens is 291 g/mol. The van der Waals surface area contributed by atoms with Gasteiger partial charge in [0.1, 0.15) is 12.3 Å². The van der Waals surface area contributed by atoms with Crippen LogP contribution in [0, 0.1) is 0 Å². The Morgan fingerprint density at radius 1 is 1.42 bits per heavy atom. The quantitative estimate of drug-likeness (QED) is 0.940. The van der Waals surface area contributed by atoms with E-state index in [-0.39, 0.29) is 23.0 Å². The lowest BCUT2D eigenvalue weighted by Gasteiger charge is -2.09. The highest BCUT2D eigenvalue weighted by Crippen LogP contribution is 2.23. The van der Waals surface area contributed by atoms with E-state index in [1.807, 2.05) is 6.07 Å². The fraction of sp³-hybridized carbons (Fsp3) is 0.182. The Morgan fingerprint density at radius 3 is 2.79 bits per heavy atom. The van der Waals surface area contributed by atoms with Crippen molar-refractivity contribution in [3.05, 3.63) is 34.8 Å². The van der Waals surface area contributed by atoms with Crippen LogP contribution in [0.1, 0.15) is 0 Å². The van der Waals surface area contributed by atoms with Crippen LogP contribution in [0.4, 0.5) is 5.69 Å². The highest BCUT2D eigenvalue weighted by molar-refractivity contribution is 6.31. The predicted octanol–water partition coefficient (Wildman–Crippen LogP) is 2.23. The van der Waals surface area contributed by atoms with E-state index in [1.165, 1.54) is 11.8 Å². The smallest absolute Gasteiger partial charge is 0.246 e. The Kier molecular flexibility index (Phi) is 4.24. The maximum Gasteiger partial charge on any atom is 0.246 e. The third-order valence-corrected chi connectivity index (χ3v) is 2.71. The minimum Gasteiger partial charge on any atom is -0.495 e. The van der Waals surface area contributed by atoms with Crippen LogP contribution in [0.3, 0.4) is 0 Å². The molecule has 0 atom stereocenters. The maximum absolute atomic E-state index is 11.9. The SMILES string of the molecule is COc1ccccc1NC(=O)Cn1nc(Cl)nc1Cl. The number of hydrogen-bond acceptors (Lipinski definition) is 4. The van der Waals surface area contributed by atoms with E-state index < -0.39 is 0 Å². The Morgan fingerprint density at radius 2 is 2.16 bits per heavy atom. The average Bonchev–Trinajstić information content (AvgIpc) is 2.68. The van der Waals surface area contributed by atoms with E-state index in [0.717, 1.165) is 0 Å². The first-order chi connectivity index (χ1) is 9.10. The second-order valence-corrected chi connectivity index (χ2v) is 4.23. The molecule has 1 aromatic heterocycles. The van der Waals surface area contributed by atoms with Crippen LogP contribution >= 0.6 is 23.2 Å². The highest BCUT2D eigenvalue weighted by Gasteiger charge is 2.12. The van der Waals surface area contributed by atoms with Gasteiger partial charge in [0.15, 0.2) is 0 Å². The van der Waals surface area contributed by atoms with E-state index in [2.05, 4.69) is 15.4 Å². The Hall–Kier alpha value is -1.79. The first kappa shape index (κ1) is 13.6. The van der Waals surface area contributed by atoms with Crippen molar-refractivity contribution >= 4 is 34.8 Å². The second kappa shape index (κ2) is 5.90. The molecule has 0 unspecified atom stereocenters. The van der Waals surface area contributed by atoms with Crippen LogP contribution in [0.2, 0.25) is 10.6 Å². The predicted molar refractivity (Wildman–Crippen MR) is 71.7 cm³/mol. The average molecular weight is 301 g/mol. The van der Waals surface area contributed by atoms with Crippen molar-refractivity contribution in [2.45, 2.75) is 6.54 Å². The summed E-state index contributed by atoms with van der Waals surface area (Å²) in [6.45, 7) is -0.0867. The van der Waals surface area contributed by atoms with Gasteiger partial charge >= 0.3 is 0 Å². The van der Waals surface area contributed by atoms with Gasteiger partial charge in [0.05, 0.1) is 12.8 Å². The summed E-state index contributed by atoms with van der Waals surface area (Å²) in [6, 6.07) is 7.07. The van der Waals surface area contributed by atoms with Crippen LogP contribution in [0.5, 0.6) is 5.75 Å². The molecular formula is C11H10Cl2N4O2. The molecule has 0 aliphatic rings. The summed E-state index contributed by atoms with van der Waals surface area (Å²) in [6.07, 6.45) is 0. The van der Waals surface area contributed by atoms with Gasteiger partial charge < -0.3 is 10.1 Å². The van der Waals surface area contributed by atoms with Crippen LogP contribution in [0.15, 0.2) is 24.3 Å². The molecule has 0 saturated carbocycles. The zero-order chi connectivity index (χ0) is 13.8. The topological polar surface area (TPSA) is 69.0 Å². The summed E-state index contributed by atoms with van der Waals surface area (Å²) in [5.74, 6) is 0.256. The number of aromatic nitrogens is 3. The first-order valence-corrected chi connectivity index (χ1v) is 6.04. The van der Waals surface area contributed by atoms with Crippen LogP contribution in [-0.4, -0.2) is 27.8 Å². The molecule has 0 aliphatic carbocycles. The Balaban J connectivity index is 2.07. The highest BCUT2D eigenvalue weighted by atomic mass is 35.5. The lowest BCUT2D eigenvalue weighted by Crippen LogP contribution is -2.20. The Bertz CT molecular complexity index is 600. The fourth-order valence-corrected chi connectivity index (χ4v) is 1.86. The molecule has 19 heavy (non-hydrogen) atoms. The van der Waals surface area contributed by atoms with Crippen molar-refractivity contribution in [3.63, 3.8) is 0 Å². The summed E-state index contributed by atoms with van der Waals surface area (Å²) in [5.41, 5.74) is 0.567. The molecule has 0 saturated heterocycles. The monoisotopic (exact) mass is 300 g/mol. The normalized spacial score (nSPS) is 10.3. The van der Waals surface area contributed by atoms with Crippen molar-refractivity contribution in [3.8, 4) is 5.75 Å². The minimum atomic E-state index is -0.312. The van der Waals surface area contributed by atoms with Gasteiger partial charge in [-0.05, 0) is 35.3 Å². The third-order valence-electron chi connectivity index (χ3n) is 2.28. The molecule has 2 aromatic rings. The second-order valence-electron chi connectivity index (χ2n) is 3.56. The lowest BCUT2D eigenvalue weighted by atomic mass is 10.3. The molecule has 0 aliphatic heterocycles. The number of anilines is 1. The van der Waals surface area contributed by atoms with Crippen molar-refractivity contribution in [1.82, 2.24) is 14.8 Å². The van der Waals surface area contributed by atoms with Crippen molar-refractivity contribution in [2.75, 3.05) is 12.4 Å². The molecule has 1 amide bonds.